The maximum absolute atomic E-state index is 13.9. The molecule has 6 nitrogen and oxygen atoms in total. The normalized spacial score (nSPS) is 21.1. The number of ketones is 1. The van der Waals surface area contributed by atoms with Gasteiger partial charge in [0, 0.05) is 23.6 Å². The van der Waals surface area contributed by atoms with Crippen LogP contribution in [-0.4, -0.2) is 25.7 Å². The maximum Gasteiger partial charge on any atom is 0.226 e. The molecular weight excluding hydrogens is 359 g/mol. The van der Waals surface area contributed by atoms with Crippen molar-refractivity contribution in [3.63, 3.8) is 0 Å². The number of hydrogen-bond acceptors (Lipinski definition) is 5. The van der Waals surface area contributed by atoms with Gasteiger partial charge in [0.2, 0.25) is 5.95 Å². The average Bonchev–Trinajstić information content (AvgIpc) is 3.14. The molecule has 2 N–H and O–H groups in total. The van der Waals surface area contributed by atoms with E-state index in [0.29, 0.717) is 23.5 Å². The number of fused-ring (bicyclic) bond motifs is 1. The predicted octanol–water partition coefficient (Wildman–Crippen LogP) is 3.54. The lowest BCUT2D eigenvalue weighted by atomic mass is 9.77. The molecule has 7 heteroatoms. The number of phenolic OH excluding ortho intramolecular Hbond substituents is 1. The second-order valence-electron chi connectivity index (χ2n) is 7.09. The third-order valence-electron chi connectivity index (χ3n) is 5.40. The van der Waals surface area contributed by atoms with E-state index in [4.69, 9.17) is 0 Å². The van der Waals surface area contributed by atoms with Crippen molar-refractivity contribution in [3.8, 4) is 5.75 Å². The van der Waals surface area contributed by atoms with Gasteiger partial charge in [-0.3, -0.25) is 4.79 Å². The van der Waals surface area contributed by atoms with Crippen LogP contribution in [0.1, 0.15) is 35.9 Å². The molecule has 0 spiro atoms. The lowest BCUT2D eigenvalue weighted by molar-refractivity contribution is -0.116. The van der Waals surface area contributed by atoms with E-state index in [1.54, 1.807) is 28.9 Å². The van der Waals surface area contributed by atoms with Gasteiger partial charge in [0.25, 0.3) is 0 Å². The molecule has 28 heavy (non-hydrogen) atoms. The Morgan fingerprint density at radius 2 is 2.00 bits per heavy atom. The minimum atomic E-state index is -0.526. The van der Waals surface area contributed by atoms with Gasteiger partial charge in [-0.25, -0.2) is 9.07 Å². The zero-order valence-electron chi connectivity index (χ0n) is 14.8. The fourth-order valence-corrected chi connectivity index (χ4v) is 4.19. The van der Waals surface area contributed by atoms with Gasteiger partial charge in [-0.05, 0) is 35.7 Å². The number of para-hydroxylation sites is 1. The molecule has 0 amide bonds. The third-order valence-corrected chi connectivity index (χ3v) is 5.40. The molecule has 2 heterocycles. The number of Topliss-reactive ketones (excluding diaryl/α,β-unsaturated/α-hetero) is 1. The van der Waals surface area contributed by atoms with Gasteiger partial charge in [-0.15, -0.1) is 0 Å². The second kappa shape index (κ2) is 6.30. The van der Waals surface area contributed by atoms with Gasteiger partial charge in [0.15, 0.2) is 5.78 Å². The molecule has 0 fully saturated rings. The van der Waals surface area contributed by atoms with Gasteiger partial charge in [0.1, 0.15) is 23.9 Å². The summed E-state index contributed by atoms with van der Waals surface area (Å²) in [7, 11) is 0. The highest BCUT2D eigenvalue weighted by Gasteiger charge is 2.39. The SMILES string of the molecule is O=C1C[C@@H](c2ccccc2O)CC2=C1[C@@H](c1cccc(F)c1)n1ncnc1N2. The standard InChI is InChI=1S/C21H17FN4O2/c22-14-5-3-4-12(8-14)20-19-16(25-21-23-11-24-26(20)21)9-13(10-18(19)28)15-6-1-2-7-17(15)27/h1-8,11,13,20,27H,9-10H2,(H,23,24,25)/t13-,20+/m0/s1. The molecule has 2 aromatic carbocycles. The predicted molar refractivity (Wildman–Crippen MR) is 100 cm³/mol. The van der Waals surface area contributed by atoms with Gasteiger partial charge in [-0.2, -0.15) is 10.1 Å². The molecule has 3 aromatic rings. The lowest BCUT2D eigenvalue weighted by Gasteiger charge is -2.35. The van der Waals surface area contributed by atoms with E-state index in [9.17, 15) is 14.3 Å². The van der Waals surface area contributed by atoms with Crippen LogP contribution in [0, 0.1) is 5.82 Å². The first-order valence-corrected chi connectivity index (χ1v) is 9.08. The fraction of sp³-hybridized carbons (Fsp3) is 0.190. The Hall–Kier alpha value is -3.48. The van der Waals surface area contributed by atoms with Gasteiger partial charge >= 0.3 is 0 Å². The van der Waals surface area contributed by atoms with Crippen LogP contribution in [-0.2, 0) is 4.79 Å². The van der Waals surface area contributed by atoms with Crippen LogP contribution >= 0.6 is 0 Å². The molecule has 1 aliphatic heterocycles. The smallest absolute Gasteiger partial charge is 0.226 e. The molecule has 2 atom stereocenters. The first kappa shape index (κ1) is 16.7. The summed E-state index contributed by atoms with van der Waals surface area (Å²) < 4.78 is 15.5. The number of aromatic nitrogens is 3. The molecule has 0 bridgehead atoms. The van der Waals surface area contributed by atoms with E-state index < -0.39 is 6.04 Å². The second-order valence-corrected chi connectivity index (χ2v) is 7.09. The summed E-state index contributed by atoms with van der Waals surface area (Å²) in [6.07, 6.45) is 2.24. The molecule has 0 saturated heterocycles. The van der Waals surface area contributed by atoms with E-state index >= 15 is 0 Å². The monoisotopic (exact) mass is 376 g/mol. The molecule has 2 aliphatic rings. The number of allylic oxidation sites excluding steroid dienone is 2. The van der Waals surface area contributed by atoms with Gasteiger partial charge in [0.05, 0.1) is 0 Å². The number of hydrogen-bond donors (Lipinski definition) is 2. The molecule has 5 rings (SSSR count). The van der Waals surface area contributed by atoms with Crippen LogP contribution in [0.5, 0.6) is 5.75 Å². The average molecular weight is 376 g/mol. The van der Waals surface area contributed by atoms with Crippen molar-refractivity contribution in [2.24, 2.45) is 0 Å². The summed E-state index contributed by atoms with van der Waals surface area (Å²) in [6.45, 7) is 0. The Bertz CT molecular complexity index is 1120. The largest absolute Gasteiger partial charge is 0.508 e. The topological polar surface area (TPSA) is 80.0 Å². The first-order valence-electron chi connectivity index (χ1n) is 9.08. The summed E-state index contributed by atoms with van der Waals surface area (Å²) in [4.78, 5) is 17.4. The van der Waals surface area contributed by atoms with Crippen LogP contribution in [0.4, 0.5) is 10.3 Å². The van der Waals surface area contributed by atoms with E-state index in [1.165, 1.54) is 18.5 Å². The number of halogens is 1. The number of anilines is 1. The highest BCUT2D eigenvalue weighted by molar-refractivity contribution is 6.00. The Kier molecular flexibility index (Phi) is 3.75. The summed E-state index contributed by atoms with van der Waals surface area (Å²) in [5, 5.41) is 17.7. The van der Waals surface area contributed by atoms with Crippen molar-refractivity contribution in [2.75, 3.05) is 5.32 Å². The molecule has 140 valence electrons. The first-order chi connectivity index (χ1) is 13.6. The van der Waals surface area contributed by atoms with Crippen LogP contribution in [0.15, 0.2) is 66.1 Å². The number of carbonyl (C=O) groups is 1. The third kappa shape index (κ3) is 2.58. The number of aromatic hydroxyl groups is 1. The van der Waals surface area contributed by atoms with E-state index in [-0.39, 0.29) is 29.7 Å². The maximum atomic E-state index is 13.9. The summed E-state index contributed by atoms with van der Waals surface area (Å²) in [5.41, 5.74) is 2.73. The summed E-state index contributed by atoms with van der Waals surface area (Å²) in [6, 6.07) is 12.8. The van der Waals surface area contributed by atoms with Gasteiger partial charge < -0.3 is 10.4 Å². The minimum absolute atomic E-state index is 0.0441. The van der Waals surface area contributed by atoms with E-state index in [2.05, 4.69) is 15.4 Å². The number of nitrogens with zero attached hydrogens (tertiary/aromatic N) is 3. The Morgan fingerprint density at radius 3 is 2.82 bits per heavy atom. The number of nitrogens with one attached hydrogen (secondary N) is 1. The molecular formula is C21H17FN4O2. The minimum Gasteiger partial charge on any atom is -0.508 e. The number of benzene rings is 2. The number of rotatable bonds is 2. The Morgan fingerprint density at radius 1 is 1.14 bits per heavy atom. The van der Waals surface area contributed by atoms with Crippen molar-refractivity contribution < 1.29 is 14.3 Å². The van der Waals surface area contributed by atoms with Crippen molar-refractivity contribution >= 4 is 11.7 Å². The molecule has 0 radical (unpaired) electrons. The highest BCUT2D eigenvalue weighted by Crippen LogP contribution is 2.45. The summed E-state index contributed by atoms with van der Waals surface area (Å²) >= 11 is 0. The van der Waals surface area contributed by atoms with Crippen LogP contribution in [0.2, 0.25) is 0 Å². The van der Waals surface area contributed by atoms with Crippen LogP contribution < -0.4 is 5.32 Å². The fourth-order valence-electron chi connectivity index (χ4n) is 4.19. The van der Waals surface area contributed by atoms with E-state index in [1.807, 2.05) is 12.1 Å². The Balaban J connectivity index is 1.62. The van der Waals surface area contributed by atoms with Crippen molar-refractivity contribution in [3.05, 3.63) is 83.1 Å². The molecule has 0 saturated carbocycles. The van der Waals surface area contributed by atoms with Crippen LogP contribution in [0.3, 0.4) is 0 Å². The van der Waals surface area contributed by atoms with E-state index in [0.717, 1.165) is 11.3 Å². The Labute approximate surface area is 160 Å². The molecule has 1 aromatic heterocycles. The lowest BCUT2D eigenvalue weighted by Crippen LogP contribution is -2.33. The zero-order valence-corrected chi connectivity index (χ0v) is 14.8. The number of carbonyl (C=O) groups excluding carboxylic acids is 1. The van der Waals surface area contributed by atoms with Crippen molar-refractivity contribution in [1.82, 2.24) is 14.8 Å². The molecule has 1 aliphatic carbocycles. The summed E-state index contributed by atoms with van der Waals surface area (Å²) in [5.74, 6) is 0.152. The highest BCUT2D eigenvalue weighted by atomic mass is 19.1. The van der Waals surface area contributed by atoms with Crippen molar-refractivity contribution in [1.29, 1.82) is 0 Å². The quantitative estimate of drug-likeness (QED) is 0.715. The zero-order chi connectivity index (χ0) is 19.3. The van der Waals surface area contributed by atoms with Gasteiger partial charge in [-0.1, -0.05) is 30.3 Å². The number of phenols is 1. The van der Waals surface area contributed by atoms with Crippen molar-refractivity contribution in [2.45, 2.75) is 24.8 Å². The molecule has 0 unspecified atom stereocenters. The van der Waals surface area contributed by atoms with Crippen LogP contribution in [0.25, 0.3) is 0 Å².